The fraction of sp³-hybridized carbons (Fsp3) is 0.333. The third kappa shape index (κ3) is 10.5. The van der Waals surface area contributed by atoms with Gasteiger partial charge in [0.2, 0.25) is 17.7 Å². The number of nitrogens with two attached hydrogens (primary N) is 1. The second-order valence-corrected chi connectivity index (χ2v) is 13.2. The van der Waals surface area contributed by atoms with Gasteiger partial charge in [0.05, 0.1) is 16.3 Å². The molecule has 2 heterocycles. The van der Waals surface area contributed by atoms with E-state index >= 15 is 0 Å². The number of carbonyl (C=O) groups excluding carboxylic acids is 5. The van der Waals surface area contributed by atoms with Gasteiger partial charge in [0.1, 0.15) is 12.1 Å². The highest BCUT2D eigenvalue weighted by molar-refractivity contribution is 7.21. The monoisotopic (exact) mass is 692 g/mol. The number of likely N-dealkylation sites (N-methyl/N-ethyl adjacent to an activating group) is 1. The molecule has 48 heavy (non-hydrogen) atoms. The molecule has 0 aliphatic rings. The van der Waals surface area contributed by atoms with Gasteiger partial charge in [-0.05, 0) is 67.1 Å². The van der Waals surface area contributed by atoms with Crippen LogP contribution in [0.15, 0.2) is 60.7 Å². The zero-order chi connectivity index (χ0) is 34.5. The first-order valence-electron chi connectivity index (χ1n) is 15.6. The summed E-state index contributed by atoms with van der Waals surface area (Å²) >= 11 is 2.67. The van der Waals surface area contributed by atoms with Crippen LogP contribution >= 0.6 is 22.7 Å². The van der Waals surface area contributed by atoms with Crippen LogP contribution in [0.5, 0.6) is 0 Å². The Morgan fingerprint density at radius 3 is 1.73 bits per heavy atom. The minimum Gasteiger partial charge on any atom is -0.370 e. The Labute approximate surface area is 285 Å². The van der Waals surface area contributed by atoms with Crippen LogP contribution in [0.2, 0.25) is 0 Å². The van der Waals surface area contributed by atoms with Crippen LogP contribution in [-0.2, 0) is 14.4 Å². The normalized spacial score (nSPS) is 12.1. The van der Waals surface area contributed by atoms with E-state index in [1.54, 1.807) is 12.1 Å². The number of hydrogen-bond acceptors (Lipinski definition) is 8. The fourth-order valence-electron chi connectivity index (χ4n) is 4.90. The molecule has 4 rings (SSSR count). The molecule has 0 aliphatic carbocycles. The third-order valence-electron chi connectivity index (χ3n) is 7.45. The van der Waals surface area contributed by atoms with Gasteiger partial charge in [-0.25, -0.2) is 0 Å². The molecule has 2 aromatic heterocycles. The molecule has 0 spiro atoms. The summed E-state index contributed by atoms with van der Waals surface area (Å²) in [6.45, 7) is 0.419. The summed E-state index contributed by atoms with van der Waals surface area (Å²) in [5, 5.41) is 25.4. The van der Waals surface area contributed by atoms with Crippen LogP contribution in [0.3, 0.4) is 0 Å². The summed E-state index contributed by atoms with van der Waals surface area (Å²) in [6, 6.07) is 17.1. The molecule has 0 unspecified atom stereocenters. The van der Waals surface area contributed by atoms with Gasteiger partial charge in [-0.2, -0.15) is 0 Å². The van der Waals surface area contributed by atoms with Crippen molar-refractivity contribution in [1.29, 1.82) is 5.41 Å². The molecule has 2 atom stereocenters. The van der Waals surface area contributed by atoms with Gasteiger partial charge in [-0.15, -0.1) is 22.7 Å². The molecule has 9 N–H and O–H groups in total. The number of benzene rings is 2. The van der Waals surface area contributed by atoms with E-state index in [0.717, 1.165) is 20.2 Å². The predicted molar refractivity (Wildman–Crippen MR) is 189 cm³/mol. The van der Waals surface area contributed by atoms with Gasteiger partial charge in [0.25, 0.3) is 11.8 Å². The van der Waals surface area contributed by atoms with Crippen molar-refractivity contribution in [3.63, 3.8) is 0 Å². The summed E-state index contributed by atoms with van der Waals surface area (Å²) in [7, 11) is 1.46. The van der Waals surface area contributed by atoms with Gasteiger partial charge in [0.15, 0.2) is 5.96 Å². The maximum atomic E-state index is 13.2. The number of nitrogens with one attached hydrogen (secondary N) is 7. The molecular weight excluding hydrogens is 653 g/mol. The summed E-state index contributed by atoms with van der Waals surface area (Å²) in [6.07, 6.45) is 2.05. The lowest BCUT2D eigenvalue weighted by molar-refractivity contribution is -0.127. The SMILES string of the molecule is CNC(=O)CNC(=O)[C@@H](CCCCNC(=O)[C@H](CCCNC(=N)N)NC(=O)c1cc2ccccc2s1)NC(=O)c1cc2ccccc2s1. The number of carbonyl (C=O) groups is 5. The highest BCUT2D eigenvalue weighted by atomic mass is 32.1. The van der Waals surface area contributed by atoms with Gasteiger partial charge >= 0.3 is 0 Å². The maximum Gasteiger partial charge on any atom is 0.262 e. The summed E-state index contributed by atoms with van der Waals surface area (Å²) in [4.78, 5) is 65.0. The standard InChI is InChI=1S/C33H40N8O5S2/c1-36-28(42)19-39-30(44)22(40-31(45)26-17-20-9-2-4-13-24(20)47-26)11-6-7-15-37-29(43)23(12-8-16-38-33(34)35)41-32(46)27-18-21-10-3-5-14-25(21)48-27/h2-5,9-10,13-14,17-18,22-23H,6-8,11-12,15-16,19H2,1H3,(H,36,42)(H,37,43)(H,39,44)(H,40,45)(H,41,46)(H4,34,35,38)/t22-,23+/m1/s1. The number of amides is 5. The zero-order valence-corrected chi connectivity index (χ0v) is 28.2. The smallest absolute Gasteiger partial charge is 0.262 e. The van der Waals surface area contributed by atoms with E-state index in [1.807, 2.05) is 48.5 Å². The molecule has 2 aromatic carbocycles. The molecule has 0 bridgehead atoms. The highest BCUT2D eigenvalue weighted by Crippen LogP contribution is 2.26. The molecule has 4 aromatic rings. The van der Waals surface area contributed by atoms with E-state index in [0.29, 0.717) is 42.0 Å². The minimum absolute atomic E-state index is 0.175. The van der Waals surface area contributed by atoms with Crippen LogP contribution in [0.25, 0.3) is 20.2 Å². The van der Waals surface area contributed by atoms with Crippen molar-refractivity contribution in [2.24, 2.45) is 5.73 Å². The van der Waals surface area contributed by atoms with E-state index in [2.05, 4.69) is 31.9 Å². The van der Waals surface area contributed by atoms with Crippen molar-refractivity contribution in [2.75, 3.05) is 26.7 Å². The predicted octanol–water partition coefficient (Wildman–Crippen LogP) is 2.42. The number of thiophene rings is 2. The van der Waals surface area contributed by atoms with Crippen LogP contribution in [-0.4, -0.2) is 74.3 Å². The lowest BCUT2D eigenvalue weighted by Crippen LogP contribution is -2.49. The Bertz CT molecular complexity index is 1700. The number of rotatable bonds is 17. The Balaban J connectivity index is 1.32. The molecule has 13 nitrogen and oxygen atoms in total. The van der Waals surface area contributed by atoms with Crippen molar-refractivity contribution in [3.8, 4) is 0 Å². The number of unbranched alkanes of at least 4 members (excludes halogenated alkanes) is 1. The lowest BCUT2D eigenvalue weighted by Gasteiger charge is -2.19. The Kier molecular flexibility index (Phi) is 13.3. The number of fused-ring (bicyclic) bond motifs is 2. The molecule has 0 aliphatic heterocycles. The van der Waals surface area contributed by atoms with Crippen LogP contribution in [0.1, 0.15) is 51.4 Å². The molecule has 0 saturated carbocycles. The molecular formula is C33H40N8O5S2. The van der Waals surface area contributed by atoms with Crippen molar-refractivity contribution >= 4 is 78.3 Å². The van der Waals surface area contributed by atoms with Crippen molar-refractivity contribution in [2.45, 2.75) is 44.2 Å². The average molecular weight is 693 g/mol. The molecule has 0 radical (unpaired) electrons. The van der Waals surface area contributed by atoms with Gasteiger partial charge in [-0.1, -0.05) is 36.4 Å². The number of hydrogen-bond donors (Lipinski definition) is 8. The van der Waals surface area contributed by atoms with Crippen LogP contribution in [0, 0.1) is 5.41 Å². The molecule has 0 saturated heterocycles. The third-order valence-corrected chi connectivity index (χ3v) is 9.68. The molecule has 15 heteroatoms. The Morgan fingerprint density at radius 1 is 0.708 bits per heavy atom. The van der Waals surface area contributed by atoms with Crippen molar-refractivity contribution in [3.05, 3.63) is 70.4 Å². The fourth-order valence-corrected chi connectivity index (χ4v) is 6.83. The van der Waals surface area contributed by atoms with E-state index < -0.39 is 18.0 Å². The first-order valence-corrected chi connectivity index (χ1v) is 17.2. The van der Waals surface area contributed by atoms with Gasteiger partial charge in [-0.3, -0.25) is 29.4 Å². The Hall–Kier alpha value is -5.02. The van der Waals surface area contributed by atoms with Crippen LogP contribution in [0.4, 0.5) is 0 Å². The molecule has 254 valence electrons. The van der Waals surface area contributed by atoms with E-state index in [9.17, 15) is 24.0 Å². The highest BCUT2D eigenvalue weighted by Gasteiger charge is 2.24. The summed E-state index contributed by atoms with van der Waals surface area (Å²) in [5.74, 6) is -2.12. The van der Waals surface area contributed by atoms with Gasteiger partial charge < -0.3 is 37.6 Å². The average Bonchev–Trinajstić information content (AvgIpc) is 3.72. The second-order valence-electron chi connectivity index (χ2n) is 11.0. The maximum absolute atomic E-state index is 13.2. The number of guanidine groups is 1. The van der Waals surface area contributed by atoms with Crippen LogP contribution < -0.4 is 37.6 Å². The molecule has 5 amide bonds. The van der Waals surface area contributed by atoms with E-state index in [4.69, 9.17) is 11.1 Å². The first-order chi connectivity index (χ1) is 23.1. The zero-order valence-electron chi connectivity index (χ0n) is 26.5. The lowest BCUT2D eigenvalue weighted by atomic mass is 10.1. The summed E-state index contributed by atoms with van der Waals surface area (Å²) in [5.41, 5.74) is 5.36. The first kappa shape index (κ1) is 35.8. The van der Waals surface area contributed by atoms with E-state index in [1.165, 1.54) is 29.7 Å². The van der Waals surface area contributed by atoms with E-state index in [-0.39, 0.29) is 49.1 Å². The van der Waals surface area contributed by atoms with Crippen molar-refractivity contribution in [1.82, 2.24) is 31.9 Å². The largest absolute Gasteiger partial charge is 0.370 e. The van der Waals surface area contributed by atoms with Crippen molar-refractivity contribution < 1.29 is 24.0 Å². The topological polar surface area (TPSA) is 207 Å². The minimum atomic E-state index is -0.898. The quantitative estimate of drug-likeness (QED) is 0.0471. The molecule has 0 fully saturated rings. The van der Waals surface area contributed by atoms with Gasteiger partial charge in [0, 0.05) is 29.5 Å². The summed E-state index contributed by atoms with van der Waals surface area (Å²) < 4.78 is 1.92. The Morgan fingerprint density at radius 2 is 1.21 bits per heavy atom. The second kappa shape index (κ2) is 17.8.